The highest BCUT2D eigenvalue weighted by Gasteiger charge is 2.62. The Bertz CT molecular complexity index is 425. The maximum Gasteiger partial charge on any atom is 0.123 e. The second-order valence-electron chi connectivity index (χ2n) is 9.01. The van der Waals surface area contributed by atoms with Gasteiger partial charge in [-0.15, -0.1) is 0 Å². The molecule has 114 valence electrons. The van der Waals surface area contributed by atoms with Gasteiger partial charge in [0.15, 0.2) is 0 Å². The highest BCUT2D eigenvalue weighted by molar-refractivity contribution is 7.92. The van der Waals surface area contributed by atoms with Crippen LogP contribution in [0.25, 0.3) is 0 Å². The largest absolute Gasteiger partial charge is 0.207 e. The molecule has 0 aromatic heterocycles. The van der Waals surface area contributed by atoms with Crippen molar-refractivity contribution in [1.29, 1.82) is 0 Å². The van der Waals surface area contributed by atoms with Crippen LogP contribution in [0, 0.1) is 5.82 Å². The number of hydrogen-bond acceptors (Lipinski definition) is 0. The third-order valence-electron chi connectivity index (χ3n) is 4.65. The minimum Gasteiger partial charge on any atom is -0.207 e. The molecule has 1 aromatic carbocycles. The lowest BCUT2D eigenvalue weighted by Crippen LogP contribution is -2.88. The molecule has 0 radical (unpaired) electrons. The van der Waals surface area contributed by atoms with Crippen molar-refractivity contribution >= 4 is 34.6 Å². The normalized spacial score (nSPS) is 14.5. The molecule has 1 aromatic rings. The van der Waals surface area contributed by atoms with Gasteiger partial charge in [0.2, 0.25) is 0 Å². The third-order valence-corrected chi connectivity index (χ3v) is 75.9. The molecule has 0 unspecified atom stereocenters. The molecular weight excluding hydrogens is 312 g/mol. The van der Waals surface area contributed by atoms with Crippen molar-refractivity contribution in [2.24, 2.45) is 0 Å². The zero-order valence-electron chi connectivity index (χ0n) is 14.7. The average Bonchev–Trinajstić information content (AvgIpc) is 2.14. The van der Waals surface area contributed by atoms with Crippen LogP contribution in [0.1, 0.15) is 0 Å². The first kappa shape index (κ1) is 18.1. The summed E-state index contributed by atoms with van der Waals surface area (Å²) >= 11 is 0. The predicted octanol–water partition coefficient (Wildman–Crippen LogP) is 4.73. The van der Waals surface area contributed by atoms with Crippen LogP contribution in [0.2, 0.25) is 58.9 Å². The van der Waals surface area contributed by atoms with Crippen molar-refractivity contribution in [1.82, 2.24) is 0 Å². The molecule has 0 spiro atoms. The first-order valence-electron chi connectivity index (χ1n) is 7.51. The quantitative estimate of drug-likeness (QED) is 0.694. The monoisotopic (exact) mass is 342 g/mol. The lowest BCUT2D eigenvalue weighted by Gasteiger charge is -2.57. The lowest BCUT2D eigenvalue weighted by atomic mass is 10.3. The van der Waals surface area contributed by atoms with E-state index in [2.05, 4.69) is 71.1 Å². The molecule has 1 rings (SSSR count). The molecule has 0 amide bonds. The van der Waals surface area contributed by atoms with Gasteiger partial charge in [0.25, 0.3) is 0 Å². The van der Waals surface area contributed by atoms with Crippen molar-refractivity contribution in [2.75, 3.05) is 0 Å². The fourth-order valence-electron chi connectivity index (χ4n) is 5.37. The van der Waals surface area contributed by atoms with Crippen molar-refractivity contribution < 1.29 is 4.39 Å². The van der Waals surface area contributed by atoms with E-state index in [4.69, 9.17) is 0 Å². The molecule has 0 heterocycles. The van der Waals surface area contributed by atoms with Gasteiger partial charge in [0, 0.05) is 22.8 Å². The first-order chi connectivity index (χ1) is 8.75. The number of halogens is 1. The summed E-state index contributed by atoms with van der Waals surface area (Å²) in [5, 5.41) is 1.55. The summed E-state index contributed by atoms with van der Waals surface area (Å²) in [6.45, 7) is 21.6. The Balaban J connectivity index is 3.77. The van der Waals surface area contributed by atoms with Crippen molar-refractivity contribution in [3.8, 4) is 0 Å². The highest BCUT2D eigenvalue weighted by atomic mass is 29.9. The van der Waals surface area contributed by atoms with Crippen LogP contribution in [-0.2, 0) is 0 Å². The fraction of sp³-hybridized carbons (Fsp3) is 0.600. The Kier molecular flexibility index (Phi) is 4.82. The van der Waals surface area contributed by atoms with Crippen LogP contribution in [0.15, 0.2) is 24.3 Å². The van der Waals surface area contributed by atoms with Crippen LogP contribution >= 0.6 is 0 Å². The van der Waals surface area contributed by atoms with Gasteiger partial charge in [-0.25, -0.2) is 4.39 Å². The number of benzene rings is 1. The van der Waals surface area contributed by atoms with E-state index in [0.717, 1.165) is 0 Å². The Hall–Kier alpha value is 0.0175. The first-order valence-corrected chi connectivity index (χ1v) is 23.0. The molecule has 0 fully saturated rings. The number of rotatable bonds is 4. The Labute approximate surface area is 128 Å². The Morgan fingerprint density at radius 1 is 0.600 bits per heavy atom. The second-order valence-corrected chi connectivity index (χ2v) is 49.3. The third kappa shape index (κ3) is 2.82. The average molecular weight is 343 g/mol. The topological polar surface area (TPSA) is 0 Å². The van der Waals surface area contributed by atoms with Gasteiger partial charge in [0.05, 0.1) is 6.63 Å². The van der Waals surface area contributed by atoms with E-state index in [1.54, 1.807) is 17.3 Å². The summed E-state index contributed by atoms with van der Waals surface area (Å²) in [7, 11) is -3.98. The standard InChI is InChI=1S/C15H31FSi4/c1-17(2,3)20(18(4,5)6,19(7,8)9)15-12-10-14(16)11-13-15/h10-13H,1-9H3. The Morgan fingerprint density at radius 3 is 1.15 bits per heavy atom. The van der Waals surface area contributed by atoms with Crippen molar-refractivity contribution in [3.05, 3.63) is 30.1 Å². The van der Waals surface area contributed by atoms with Gasteiger partial charge < -0.3 is 0 Å². The van der Waals surface area contributed by atoms with E-state index < -0.39 is 29.4 Å². The zero-order valence-corrected chi connectivity index (χ0v) is 18.7. The number of hydrogen-bond donors (Lipinski definition) is 0. The SMILES string of the molecule is C[Si](C)(C)[Si](c1ccc(F)cc1)([Si](C)(C)C)[Si](C)(C)C. The van der Waals surface area contributed by atoms with Crippen LogP contribution in [0.5, 0.6) is 0 Å². The lowest BCUT2D eigenvalue weighted by molar-refractivity contribution is 0.628. The molecule has 20 heavy (non-hydrogen) atoms. The van der Waals surface area contributed by atoms with Crippen LogP contribution < -0.4 is 5.19 Å². The molecule has 0 nitrogen and oxygen atoms in total. The molecule has 0 N–H and O–H groups in total. The molecule has 0 saturated heterocycles. The summed E-state index contributed by atoms with van der Waals surface area (Å²) in [6, 6.07) is 7.65. The molecule has 0 aliphatic rings. The van der Waals surface area contributed by atoms with Gasteiger partial charge in [-0.2, -0.15) is 0 Å². The van der Waals surface area contributed by atoms with Crippen LogP contribution in [0.4, 0.5) is 4.39 Å². The van der Waals surface area contributed by atoms with E-state index in [9.17, 15) is 4.39 Å². The zero-order chi connectivity index (χ0) is 16.0. The van der Waals surface area contributed by atoms with E-state index in [1.807, 2.05) is 0 Å². The van der Waals surface area contributed by atoms with Gasteiger partial charge in [-0.05, 0) is 12.1 Å². The summed E-state index contributed by atoms with van der Waals surface area (Å²) in [5.74, 6) is -0.0987. The van der Waals surface area contributed by atoms with Crippen LogP contribution in [0.3, 0.4) is 0 Å². The summed E-state index contributed by atoms with van der Waals surface area (Å²) in [5.41, 5.74) is 0. The van der Waals surface area contributed by atoms with Gasteiger partial charge in [-0.1, -0.05) is 76.2 Å². The molecule has 0 aliphatic carbocycles. The van der Waals surface area contributed by atoms with Crippen LogP contribution in [-0.4, -0.2) is 29.4 Å². The van der Waals surface area contributed by atoms with Gasteiger partial charge in [-0.3, -0.25) is 0 Å². The highest BCUT2D eigenvalue weighted by Crippen LogP contribution is 2.36. The minimum absolute atomic E-state index is 0.0987. The van der Waals surface area contributed by atoms with E-state index in [-0.39, 0.29) is 5.82 Å². The van der Waals surface area contributed by atoms with Gasteiger partial charge in [0.1, 0.15) is 5.82 Å². The minimum atomic E-state index is -1.55. The van der Waals surface area contributed by atoms with Crippen molar-refractivity contribution in [2.45, 2.75) is 58.9 Å². The fourth-order valence-corrected chi connectivity index (χ4v) is 106. The molecular formula is C15H31FSi4. The summed E-state index contributed by atoms with van der Waals surface area (Å²) < 4.78 is 13.4. The smallest absolute Gasteiger partial charge is 0.123 e. The summed E-state index contributed by atoms with van der Waals surface area (Å²) in [4.78, 5) is 0. The van der Waals surface area contributed by atoms with E-state index >= 15 is 0 Å². The maximum atomic E-state index is 13.4. The molecule has 0 aliphatic heterocycles. The molecule has 0 saturated carbocycles. The second kappa shape index (κ2) is 5.34. The van der Waals surface area contributed by atoms with Crippen molar-refractivity contribution in [3.63, 3.8) is 0 Å². The molecule has 0 atom stereocenters. The van der Waals surface area contributed by atoms with E-state index in [1.165, 1.54) is 0 Å². The molecule has 0 bridgehead atoms. The summed E-state index contributed by atoms with van der Waals surface area (Å²) in [6.07, 6.45) is 0. The predicted molar refractivity (Wildman–Crippen MR) is 102 cm³/mol. The Morgan fingerprint density at radius 2 is 0.900 bits per heavy atom. The van der Waals surface area contributed by atoms with Gasteiger partial charge >= 0.3 is 0 Å². The van der Waals surface area contributed by atoms with E-state index in [0.29, 0.717) is 0 Å². The molecule has 5 heteroatoms. The maximum absolute atomic E-state index is 13.4.